The first-order valence-electron chi connectivity index (χ1n) is 5.99. The largest absolute Gasteiger partial charge is 0.416 e. The van der Waals surface area contributed by atoms with Crippen LogP contribution in [0.1, 0.15) is 26.3 Å². The maximum Gasteiger partial charge on any atom is 0.416 e. The second kappa shape index (κ2) is 5.37. The number of hydrogen-bond donors (Lipinski definition) is 1. The van der Waals surface area contributed by atoms with Gasteiger partial charge in [0.1, 0.15) is 0 Å². The number of nitrogens with two attached hydrogens (primary N) is 1. The zero-order valence-corrected chi connectivity index (χ0v) is 12.3. The Labute approximate surface area is 116 Å². The molecule has 7 heteroatoms. The lowest BCUT2D eigenvalue weighted by Crippen LogP contribution is -2.41. The van der Waals surface area contributed by atoms with E-state index in [1.165, 1.54) is 0 Å². The number of sulfone groups is 1. The summed E-state index contributed by atoms with van der Waals surface area (Å²) >= 11 is 0. The van der Waals surface area contributed by atoms with Crippen LogP contribution in [0.3, 0.4) is 0 Å². The normalized spacial score (nSPS) is 15.2. The van der Waals surface area contributed by atoms with Crippen LogP contribution in [0.2, 0.25) is 0 Å². The Kier molecular flexibility index (Phi) is 4.55. The Hall–Kier alpha value is -1.08. The molecule has 1 atom stereocenters. The van der Waals surface area contributed by atoms with Gasteiger partial charge in [-0.3, -0.25) is 0 Å². The molecule has 0 aromatic heterocycles. The van der Waals surface area contributed by atoms with Crippen molar-refractivity contribution >= 4 is 9.84 Å². The van der Waals surface area contributed by atoms with Gasteiger partial charge in [0.15, 0.2) is 9.84 Å². The van der Waals surface area contributed by atoms with Gasteiger partial charge in [-0.1, -0.05) is 26.8 Å². The van der Waals surface area contributed by atoms with Gasteiger partial charge in [0, 0.05) is 6.04 Å². The van der Waals surface area contributed by atoms with Gasteiger partial charge in [-0.15, -0.1) is 0 Å². The Bertz CT molecular complexity index is 574. The number of hydrogen-bond acceptors (Lipinski definition) is 3. The van der Waals surface area contributed by atoms with Crippen LogP contribution in [0, 0.1) is 5.41 Å². The molecule has 1 aromatic rings. The molecule has 0 aliphatic heterocycles. The number of alkyl halides is 3. The second-order valence-corrected chi connectivity index (χ2v) is 7.81. The summed E-state index contributed by atoms with van der Waals surface area (Å²) < 4.78 is 62.0. The van der Waals surface area contributed by atoms with E-state index in [4.69, 9.17) is 5.73 Å². The average molecular weight is 309 g/mol. The Morgan fingerprint density at radius 3 is 2.20 bits per heavy atom. The number of rotatable bonds is 3. The maximum absolute atomic E-state index is 12.6. The molecule has 3 nitrogen and oxygen atoms in total. The quantitative estimate of drug-likeness (QED) is 0.934. The summed E-state index contributed by atoms with van der Waals surface area (Å²) in [6.07, 6.45) is -4.57. The summed E-state index contributed by atoms with van der Waals surface area (Å²) in [5.41, 5.74) is 4.36. The summed E-state index contributed by atoms with van der Waals surface area (Å²) in [5, 5.41) is 0. The summed E-state index contributed by atoms with van der Waals surface area (Å²) in [6.45, 7) is 5.33. The molecule has 0 heterocycles. The van der Waals surface area contributed by atoms with E-state index in [2.05, 4.69) is 0 Å². The second-order valence-electron chi connectivity index (χ2n) is 5.78. The highest BCUT2D eigenvalue weighted by Gasteiger charge is 2.33. The van der Waals surface area contributed by atoms with Gasteiger partial charge in [0.25, 0.3) is 0 Å². The molecule has 20 heavy (non-hydrogen) atoms. The third-order valence-electron chi connectivity index (χ3n) is 3.03. The molecule has 0 aliphatic rings. The van der Waals surface area contributed by atoms with Crippen molar-refractivity contribution in [2.24, 2.45) is 11.1 Å². The zero-order chi connectivity index (χ0) is 15.8. The molecule has 114 valence electrons. The highest BCUT2D eigenvalue weighted by atomic mass is 32.2. The topological polar surface area (TPSA) is 60.2 Å². The van der Waals surface area contributed by atoms with Crippen molar-refractivity contribution in [2.75, 3.05) is 5.75 Å². The van der Waals surface area contributed by atoms with E-state index in [0.717, 1.165) is 18.2 Å². The molecule has 0 fully saturated rings. The molecular formula is C13H18F3NO2S. The van der Waals surface area contributed by atoms with E-state index in [1.54, 1.807) is 20.8 Å². The first kappa shape index (κ1) is 17.0. The van der Waals surface area contributed by atoms with Crippen molar-refractivity contribution in [1.82, 2.24) is 0 Å². The van der Waals surface area contributed by atoms with E-state index in [1.807, 2.05) is 0 Å². The lowest BCUT2D eigenvalue weighted by molar-refractivity contribution is -0.137. The first-order chi connectivity index (χ1) is 8.84. The first-order valence-corrected chi connectivity index (χ1v) is 7.65. The van der Waals surface area contributed by atoms with Crippen LogP contribution in [-0.4, -0.2) is 20.2 Å². The molecule has 1 unspecified atom stereocenters. The van der Waals surface area contributed by atoms with Crippen LogP contribution in [0.25, 0.3) is 0 Å². The highest BCUT2D eigenvalue weighted by molar-refractivity contribution is 7.91. The Morgan fingerprint density at radius 2 is 1.75 bits per heavy atom. The van der Waals surface area contributed by atoms with Gasteiger partial charge >= 0.3 is 6.18 Å². The van der Waals surface area contributed by atoms with Crippen molar-refractivity contribution in [2.45, 2.75) is 37.9 Å². The van der Waals surface area contributed by atoms with E-state index >= 15 is 0 Å². The van der Waals surface area contributed by atoms with E-state index in [9.17, 15) is 21.6 Å². The predicted octanol–water partition coefficient (Wildman–Crippen LogP) is 2.85. The lowest BCUT2D eigenvalue weighted by atomic mass is 9.89. The predicted molar refractivity (Wildman–Crippen MR) is 70.9 cm³/mol. The van der Waals surface area contributed by atoms with Crippen molar-refractivity contribution in [1.29, 1.82) is 0 Å². The third-order valence-corrected chi connectivity index (χ3v) is 4.80. The van der Waals surface area contributed by atoms with Gasteiger partial charge < -0.3 is 5.73 Å². The molecule has 0 spiro atoms. The van der Waals surface area contributed by atoms with Gasteiger partial charge in [0.2, 0.25) is 0 Å². The third kappa shape index (κ3) is 4.21. The molecular weight excluding hydrogens is 291 g/mol. The molecule has 1 aromatic carbocycles. The Balaban J connectivity index is 3.11. The molecule has 0 radical (unpaired) electrons. The van der Waals surface area contributed by atoms with Crippen LogP contribution in [0.5, 0.6) is 0 Å². The zero-order valence-electron chi connectivity index (χ0n) is 11.5. The van der Waals surface area contributed by atoms with Crippen molar-refractivity contribution in [3.8, 4) is 0 Å². The SMILES string of the molecule is CC(C)(C)C(N)CS(=O)(=O)c1cccc(C(F)(F)F)c1. The number of benzene rings is 1. The van der Waals surface area contributed by atoms with Crippen LogP contribution >= 0.6 is 0 Å². The molecule has 0 aliphatic carbocycles. The summed E-state index contributed by atoms with van der Waals surface area (Å²) in [5.74, 6) is -0.391. The molecule has 0 bridgehead atoms. The van der Waals surface area contributed by atoms with E-state index < -0.39 is 38.8 Å². The fourth-order valence-electron chi connectivity index (χ4n) is 1.45. The molecule has 0 saturated heterocycles. The molecule has 1 rings (SSSR count). The molecule has 0 amide bonds. The van der Waals surface area contributed by atoms with Gasteiger partial charge in [0.05, 0.1) is 16.2 Å². The average Bonchev–Trinajstić information content (AvgIpc) is 2.26. The van der Waals surface area contributed by atoms with Gasteiger partial charge in [-0.25, -0.2) is 8.42 Å². The fraction of sp³-hybridized carbons (Fsp3) is 0.538. The van der Waals surface area contributed by atoms with Crippen LogP contribution in [0.15, 0.2) is 29.2 Å². The minimum Gasteiger partial charge on any atom is -0.326 e. The van der Waals surface area contributed by atoms with Gasteiger partial charge in [-0.05, 0) is 23.6 Å². The highest BCUT2D eigenvalue weighted by Crippen LogP contribution is 2.31. The smallest absolute Gasteiger partial charge is 0.326 e. The molecule has 0 saturated carbocycles. The minimum atomic E-state index is -4.57. The van der Waals surface area contributed by atoms with Crippen LogP contribution in [0.4, 0.5) is 13.2 Å². The number of halogens is 3. The van der Waals surface area contributed by atoms with E-state index in [0.29, 0.717) is 6.07 Å². The van der Waals surface area contributed by atoms with Crippen LogP contribution < -0.4 is 5.73 Å². The van der Waals surface area contributed by atoms with Crippen molar-refractivity contribution in [3.63, 3.8) is 0 Å². The Morgan fingerprint density at radius 1 is 1.20 bits per heavy atom. The van der Waals surface area contributed by atoms with Crippen molar-refractivity contribution in [3.05, 3.63) is 29.8 Å². The summed E-state index contributed by atoms with van der Waals surface area (Å²) in [6, 6.07) is 3.05. The fourth-order valence-corrected chi connectivity index (χ4v) is 3.21. The van der Waals surface area contributed by atoms with Crippen molar-refractivity contribution < 1.29 is 21.6 Å². The summed E-state index contributed by atoms with van der Waals surface area (Å²) in [7, 11) is -3.85. The minimum absolute atomic E-state index is 0.355. The van der Waals surface area contributed by atoms with E-state index in [-0.39, 0.29) is 4.90 Å². The molecule has 2 N–H and O–H groups in total. The van der Waals surface area contributed by atoms with Crippen LogP contribution in [-0.2, 0) is 16.0 Å². The maximum atomic E-state index is 12.6. The summed E-state index contributed by atoms with van der Waals surface area (Å²) in [4.78, 5) is -0.355. The standard InChI is InChI=1S/C13H18F3NO2S/c1-12(2,3)11(17)8-20(18,19)10-6-4-5-9(7-10)13(14,15)16/h4-7,11H,8,17H2,1-3H3. The monoisotopic (exact) mass is 309 g/mol. The lowest BCUT2D eigenvalue weighted by Gasteiger charge is -2.26. The van der Waals surface area contributed by atoms with Gasteiger partial charge in [-0.2, -0.15) is 13.2 Å².